The van der Waals surface area contributed by atoms with Crippen LogP contribution in [0.4, 0.5) is 0 Å². The van der Waals surface area contributed by atoms with Crippen molar-refractivity contribution in [3.63, 3.8) is 0 Å². The third-order valence-electron chi connectivity index (χ3n) is 3.17. The van der Waals surface area contributed by atoms with E-state index in [-0.39, 0.29) is 17.9 Å². The minimum Gasteiger partial charge on any atom is -0.409 e. The van der Waals surface area contributed by atoms with Gasteiger partial charge in [0.1, 0.15) is 5.84 Å². The fraction of sp³-hybridized carbons (Fsp3) is 0.917. The Hall–Kier alpha value is -0.810. The lowest BCUT2D eigenvalue weighted by Gasteiger charge is -2.28. The number of hydrogen-bond acceptors (Lipinski definition) is 4. The first-order chi connectivity index (χ1) is 7.85. The molecule has 5 heteroatoms. The first-order valence-corrected chi connectivity index (χ1v) is 6.18. The van der Waals surface area contributed by atoms with Gasteiger partial charge in [-0.3, -0.25) is 4.90 Å². The van der Waals surface area contributed by atoms with E-state index in [1.54, 1.807) is 0 Å². The number of hydrogen-bond donors (Lipinski definition) is 3. The van der Waals surface area contributed by atoms with Crippen molar-refractivity contribution in [1.82, 2.24) is 4.90 Å². The third-order valence-corrected chi connectivity index (χ3v) is 3.17. The average molecular weight is 245 g/mol. The molecule has 0 amide bonds. The second-order valence-corrected chi connectivity index (χ2v) is 5.33. The van der Waals surface area contributed by atoms with Crippen LogP contribution in [-0.4, -0.2) is 46.8 Å². The maximum atomic E-state index is 8.96. The van der Waals surface area contributed by atoms with E-state index >= 15 is 0 Å². The SMILES string of the molecule is CC(C)N(CCO)CCCC(C)(C)C(N)=NO. The second kappa shape index (κ2) is 7.50. The third kappa shape index (κ3) is 5.89. The van der Waals surface area contributed by atoms with Gasteiger partial charge in [-0.25, -0.2) is 0 Å². The Morgan fingerprint density at radius 2 is 1.94 bits per heavy atom. The number of nitrogens with zero attached hydrogens (tertiary/aromatic N) is 2. The molecule has 102 valence electrons. The Morgan fingerprint density at radius 3 is 2.35 bits per heavy atom. The van der Waals surface area contributed by atoms with Gasteiger partial charge >= 0.3 is 0 Å². The van der Waals surface area contributed by atoms with E-state index in [2.05, 4.69) is 23.9 Å². The van der Waals surface area contributed by atoms with Gasteiger partial charge in [-0.15, -0.1) is 0 Å². The first-order valence-electron chi connectivity index (χ1n) is 6.18. The van der Waals surface area contributed by atoms with Gasteiger partial charge in [0.05, 0.1) is 6.61 Å². The van der Waals surface area contributed by atoms with Crippen LogP contribution in [0.3, 0.4) is 0 Å². The molecule has 0 aliphatic heterocycles. The number of aliphatic hydroxyl groups excluding tert-OH is 1. The van der Waals surface area contributed by atoms with Crippen molar-refractivity contribution in [1.29, 1.82) is 0 Å². The molecule has 0 unspecified atom stereocenters. The van der Waals surface area contributed by atoms with E-state index in [0.29, 0.717) is 12.6 Å². The van der Waals surface area contributed by atoms with Crippen LogP contribution in [0.25, 0.3) is 0 Å². The van der Waals surface area contributed by atoms with Gasteiger partial charge in [-0.1, -0.05) is 19.0 Å². The molecule has 5 nitrogen and oxygen atoms in total. The summed E-state index contributed by atoms with van der Waals surface area (Å²) in [6, 6.07) is 0.425. The van der Waals surface area contributed by atoms with Crippen molar-refractivity contribution in [3.05, 3.63) is 0 Å². The van der Waals surface area contributed by atoms with Crippen LogP contribution in [0.15, 0.2) is 5.16 Å². The summed E-state index contributed by atoms with van der Waals surface area (Å²) in [5, 5.41) is 20.7. The zero-order valence-corrected chi connectivity index (χ0v) is 11.5. The van der Waals surface area contributed by atoms with E-state index in [1.165, 1.54) is 0 Å². The van der Waals surface area contributed by atoms with Crippen LogP contribution in [0.1, 0.15) is 40.5 Å². The first kappa shape index (κ1) is 16.2. The Labute approximate surface area is 104 Å². The fourth-order valence-electron chi connectivity index (χ4n) is 1.74. The molecule has 0 aromatic heterocycles. The largest absolute Gasteiger partial charge is 0.409 e. The van der Waals surface area contributed by atoms with Gasteiger partial charge in [0, 0.05) is 18.0 Å². The molecule has 0 aliphatic carbocycles. The molecule has 0 saturated heterocycles. The number of amidine groups is 1. The summed E-state index contributed by atoms with van der Waals surface area (Å²) in [5.74, 6) is 0.274. The van der Waals surface area contributed by atoms with E-state index in [0.717, 1.165) is 19.4 Å². The van der Waals surface area contributed by atoms with Crippen molar-refractivity contribution < 1.29 is 10.3 Å². The summed E-state index contributed by atoms with van der Waals surface area (Å²) in [5.41, 5.74) is 5.35. The van der Waals surface area contributed by atoms with Crippen molar-refractivity contribution >= 4 is 5.84 Å². The fourth-order valence-corrected chi connectivity index (χ4v) is 1.74. The maximum absolute atomic E-state index is 8.96. The molecular weight excluding hydrogens is 218 g/mol. The summed E-state index contributed by atoms with van der Waals surface area (Å²) in [6.45, 7) is 9.96. The van der Waals surface area contributed by atoms with Crippen LogP contribution < -0.4 is 5.73 Å². The lowest BCUT2D eigenvalue weighted by atomic mass is 9.86. The van der Waals surface area contributed by atoms with Gasteiger partial charge in [0.15, 0.2) is 0 Å². The molecule has 0 spiro atoms. The second-order valence-electron chi connectivity index (χ2n) is 5.33. The maximum Gasteiger partial charge on any atom is 0.144 e. The topological polar surface area (TPSA) is 82.1 Å². The molecule has 0 radical (unpaired) electrons. The van der Waals surface area contributed by atoms with Crippen molar-refractivity contribution in [2.75, 3.05) is 19.7 Å². The average Bonchev–Trinajstić information content (AvgIpc) is 2.26. The van der Waals surface area contributed by atoms with E-state index < -0.39 is 0 Å². The van der Waals surface area contributed by atoms with Gasteiger partial charge in [-0.2, -0.15) is 0 Å². The number of rotatable bonds is 8. The Kier molecular flexibility index (Phi) is 7.15. The van der Waals surface area contributed by atoms with Crippen molar-refractivity contribution in [2.24, 2.45) is 16.3 Å². The van der Waals surface area contributed by atoms with Crippen LogP contribution >= 0.6 is 0 Å². The molecule has 17 heavy (non-hydrogen) atoms. The van der Waals surface area contributed by atoms with Crippen LogP contribution in [0, 0.1) is 5.41 Å². The molecule has 0 aromatic carbocycles. The van der Waals surface area contributed by atoms with Gasteiger partial charge in [-0.05, 0) is 33.2 Å². The van der Waals surface area contributed by atoms with Crippen molar-refractivity contribution in [3.8, 4) is 0 Å². The molecule has 0 heterocycles. The van der Waals surface area contributed by atoms with Crippen LogP contribution in [-0.2, 0) is 0 Å². The summed E-state index contributed by atoms with van der Waals surface area (Å²) < 4.78 is 0. The normalized spacial score (nSPS) is 13.7. The van der Waals surface area contributed by atoms with Gasteiger partial charge in [0.2, 0.25) is 0 Å². The van der Waals surface area contributed by atoms with Crippen LogP contribution in [0.5, 0.6) is 0 Å². The lowest BCUT2D eigenvalue weighted by Crippen LogP contribution is -2.36. The highest BCUT2D eigenvalue weighted by Gasteiger charge is 2.23. The molecule has 0 rings (SSSR count). The number of oxime groups is 1. The van der Waals surface area contributed by atoms with Gasteiger partial charge in [0.25, 0.3) is 0 Å². The molecule has 0 saturated carbocycles. The molecule has 4 N–H and O–H groups in total. The standard InChI is InChI=1S/C12H27N3O2/c1-10(2)15(8-9-16)7-5-6-12(3,4)11(13)14-17/h10,16-17H,5-9H2,1-4H3,(H2,13,14). The summed E-state index contributed by atoms with van der Waals surface area (Å²) >= 11 is 0. The smallest absolute Gasteiger partial charge is 0.144 e. The molecule has 0 atom stereocenters. The van der Waals surface area contributed by atoms with E-state index in [4.69, 9.17) is 16.0 Å². The quantitative estimate of drug-likeness (QED) is 0.260. The number of nitrogens with two attached hydrogens (primary N) is 1. The Balaban J connectivity index is 4.12. The molecule has 0 aromatic rings. The molecule has 0 bridgehead atoms. The lowest BCUT2D eigenvalue weighted by molar-refractivity contribution is 0.160. The highest BCUT2D eigenvalue weighted by Crippen LogP contribution is 2.22. The summed E-state index contributed by atoms with van der Waals surface area (Å²) in [7, 11) is 0. The zero-order valence-electron chi connectivity index (χ0n) is 11.5. The van der Waals surface area contributed by atoms with Crippen LogP contribution in [0.2, 0.25) is 0 Å². The van der Waals surface area contributed by atoms with E-state index in [1.807, 2.05) is 13.8 Å². The van der Waals surface area contributed by atoms with E-state index in [9.17, 15) is 0 Å². The highest BCUT2D eigenvalue weighted by atomic mass is 16.4. The Bertz CT molecular complexity index is 240. The van der Waals surface area contributed by atoms with Crippen molar-refractivity contribution in [2.45, 2.75) is 46.6 Å². The molecule has 0 aliphatic rings. The summed E-state index contributed by atoms with van der Waals surface area (Å²) in [4.78, 5) is 2.22. The predicted molar refractivity (Wildman–Crippen MR) is 70.2 cm³/mol. The number of aliphatic hydroxyl groups is 1. The molecule has 0 fully saturated rings. The minimum absolute atomic E-state index is 0.182. The zero-order chi connectivity index (χ0) is 13.5. The monoisotopic (exact) mass is 245 g/mol. The van der Waals surface area contributed by atoms with Gasteiger partial charge < -0.3 is 16.0 Å². The Morgan fingerprint density at radius 1 is 1.35 bits per heavy atom. The predicted octanol–water partition coefficient (Wildman–Crippen LogP) is 1.24. The highest BCUT2D eigenvalue weighted by molar-refractivity contribution is 5.85. The molecular formula is C12H27N3O2. The summed E-state index contributed by atoms with van der Waals surface area (Å²) in [6.07, 6.45) is 1.82. The minimum atomic E-state index is -0.281.